The molecule has 0 aromatic heterocycles. The van der Waals surface area contributed by atoms with E-state index in [1.54, 1.807) is 0 Å². The Hall–Kier alpha value is -0.580. The predicted octanol–water partition coefficient (Wildman–Crippen LogP) is 1.13. The summed E-state index contributed by atoms with van der Waals surface area (Å²) in [6.45, 7) is 5.30. The molecule has 0 aromatic rings. The lowest BCUT2D eigenvalue weighted by Crippen LogP contribution is -2.45. The standard InChI is InChI=1S/C11H19BrN2O2/c1-7(2)9(12)11(16)14-5-3-8(4-6-14)10(13)15/h7-9H,3-6H2,1-2H3,(H2,13,15). The van der Waals surface area contributed by atoms with E-state index in [1.807, 2.05) is 18.7 Å². The summed E-state index contributed by atoms with van der Waals surface area (Å²) < 4.78 is 0. The summed E-state index contributed by atoms with van der Waals surface area (Å²) >= 11 is 3.40. The molecule has 16 heavy (non-hydrogen) atoms. The van der Waals surface area contributed by atoms with Crippen LogP contribution in [0.3, 0.4) is 0 Å². The molecule has 1 aliphatic rings. The van der Waals surface area contributed by atoms with Crippen molar-refractivity contribution in [2.45, 2.75) is 31.5 Å². The topological polar surface area (TPSA) is 63.4 Å². The van der Waals surface area contributed by atoms with Gasteiger partial charge in [-0.05, 0) is 18.8 Å². The average Bonchev–Trinajstić information content (AvgIpc) is 2.27. The summed E-state index contributed by atoms with van der Waals surface area (Å²) in [5.41, 5.74) is 5.25. The van der Waals surface area contributed by atoms with E-state index < -0.39 is 0 Å². The number of alkyl halides is 1. The summed E-state index contributed by atoms with van der Waals surface area (Å²) in [6, 6.07) is 0. The monoisotopic (exact) mass is 290 g/mol. The third kappa shape index (κ3) is 3.20. The van der Waals surface area contributed by atoms with Crippen LogP contribution in [0.1, 0.15) is 26.7 Å². The van der Waals surface area contributed by atoms with E-state index >= 15 is 0 Å². The minimum atomic E-state index is -0.244. The lowest BCUT2D eigenvalue weighted by atomic mass is 9.95. The van der Waals surface area contributed by atoms with Crippen LogP contribution < -0.4 is 5.73 Å². The highest BCUT2D eigenvalue weighted by Crippen LogP contribution is 2.21. The smallest absolute Gasteiger partial charge is 0.236 e. The number of primary amides is 1. The molecule has 5 heteroatoms. The number of halogens is 1. The highest BCUT2D eigenvalue weighted by atomic mass is 79.9. The van der Waals surface area contributed by atoms with E-state index in [2.05, 4.69) is 15.9 Å². The number of rotatable bonds is 3. The molecular formula is C11H19BrN2O2. The number of amides is 2. The SMILES string of the molecule is CC(C)C(Br)C(=O)N1CCC(C(N)=O)CC1. The highest BCUT2D eigenvalue weighted by Gasteiger charge is 2.29. The second-order valence-electron chi connectivity index (χ2n) is 4.65. The first-order valence-electron chi connectivity index (χ1n) is 5.65. The minimum absolute atomic E-state index is 0.0584. The number of likely N-dealkylation sites (tertiary alicyclic amines) is 1. The molecular weight excluding hydrogens is 272 g/mol. The van der Waals surface area contributed by atoms with Gasteiger partial charge in [0.05, 0.1) is 4.83 Å². The number of hydrogen-bond acceptors (Lipinski definition) is 2. The number of nitrogens with two attached hydrogens (primary N) is 1. The number of carbonyl (C=O) groups is 2. The minimum Gasteiger partial charge on any atom is -0.369 e. The average molecular weight is 291 g/mol. The molecule has 1 saturated heterocycles. The van der Waals surface area contributed by atoms with Gasteiger partial charge >= 0.3 is 0 Å². The van der Waals surface area contributed by atoms with Crippen molar-refractivity contribution in [2.24, 2.45) is 17.6 Å². The van der Waals surface area contributed by atoms with Crippen molar-refractivity contribution in [3.8, 4) is 0 Å². The molecule has 0 bridgehead atoms. The molecule has 92 valence electrons. The molecule has 1 rings (SSSR count). The van der Waals surface area contributed by atoms with Gasteiger partial charge in [-0.2, -0.15) is 0 Å². The van der Waals surface area contributed by atoms with Gasteiger partial charge in [0, 0.05) is 19.0 Å². The van der Waals surface area contributed by atoms with Crippen LogP contribution in [-0.4, -0.2) is 34.6 Å². The van der Waals surface area contributed by atoms with Crippen LogP contribution in [0.5, 0.6) is 0 Å². The first-order chi connectivity index (χ1) is 7.43. The van der Waals surface area contributed by atoms with Gasteiger partial charge in [-0.3, -0.25) is 9.59 Å². The molecule has 1 heterocycles. The Bertz CT molecular complexity index is 273. The molecule has 4 nitrogen and oxygen atoms in total. The zero-order valence-electron chi connectivity index (χ0n) is 9.78. The normalized spacial score (nSPS) is 19.9. The fourth-order valence-electron chi connectivity index (χ4n) is 1.84. The molecule has 0 spiro atoms. The second-order valence-corrected chi connectivity index (χ2v) is 5.63. The molecule has 0 aromatic carbocycles. The Morgan fingerprint density at radius 2 is 1.81 bits per heavy atom. The predicted molar refractivity (Wildman–Crippen MR) is 66.1 cm³/mol. The van der Waals surface area contributed by atoms with Crippen LogP contribution >= 0.6 is 15.9 Å². The van der Waals surface area contributed by atoms with E-state index in [0.717, 1.165) is 0 Å². The van der Waals surface area contributed by atoms with Gasteiger partial charge < -0.3 is 10.6 Å². The molecule has 2 amide bonds. The third-order valence-electron chi connectivity index (χ3n) is 3.03. The first kappa shape index (κ1) is 13.5. The Labute approximate surface area is 105 Å². The molecule has 1 fully saturated rings. The molecule has 2 N–H and O–H groups in total. The van der Waals surface area contributed by atoms with E-state index in [4.69, 9.17) is 5.73 Å². The fraction of sp³-hybridized carbons (Fsp3) is 0.818. The molecule has 0 radical (unpaired) electrons. The number of carbonyl (C=O) groups excluding carboxylic acids is 2. The Kier molecular flexibility index (Phi) is 4.77. The van der Waals surface area contributed by atoms with Crippen molar-refractivity contribution in [2.75, 3.05) is 13.1 Å². The van der Waals surface area contributed by atoms with Crippen molar-refractivity contribution < 1.29 is 9.59 Å². The van der Waals surface area contributed by atoms with Crippen LogP contribution in [0.25, 0.3) is 0 Å². The van der Waals surface area contributed by atoms with Crippen molar-refractivity contribution in [1.82, 2.24) is 4.90 Å². The quantitative estimate of drug-likeness (QED) is 0.792. The van der Waals surface area contributed by atoms with Crippen LogP contribution in [0.4, 0.5) is 0 Å². The molecule has 1 atom stereocenters. The van der Waals surface area contributed by atoms with Crippen molar-refractivity contribution in [3.63, 3.8) is 0 Å². The highest BCUT2D eigenvalue weighted by molar-refractivity contribution is 9.10. The lowest BCUT2D eigenvalue weighted by Gasteiger charge is -2.32. The van der Waals surface area contributed by atoms with Gasteiger partial charge in [0.25, 0.3) is 0 Å². The zero-order valence-corrected chi connectivity index (χ0v) is 11.4. The maximum atomic E-state index is 12.0. The number of nitrogens with zero attached hydrogens (tertiary/aromatic N) is 1. The number of piperidine rings is 1. The van der Waals surface area contributed by atoms with Crippen molar-refractivity contribution in [1.29, 1.82) is 0 Å². The molecule has 0 aliphatic carbocycles. The lowest BCUT2D eigenvalue weighted by molar-refractivity contribution is -0.134. The van der Waals surface area contributed by atoms with Gasteiger partial charge in [-0.25, -0.2) is 0 Å². The zero-order chi connectivity index (χ0) is 12.3. The summed E-state index contributed by atoms with van der Waals surface area (Å²) in [5, 5.41) is 0. The van der Waals surface area contributed by atoms with Crippen molar-refractivity contribution in [3.05, 3.63) is 0 Å². The molecule has 1 aliphatic heterocycles. The van der Waals surface area contributed by atoms with Crippen LogP contribution in [0.2, 0.25) is 0 Å². The summed E-state index contributed by atoms with van der Waals surface area (Å²) in [6.07, 6.45) is 1.39. The fourth-order valence-corrected chi connectivity index (χ4v) is 2.13. The van der Waals surface area contributed by atoms with Gasteiger partial charge in [-0.15, -0.1) is 0 Å². The molecule has 0 saturated carbocycles. The molecule has 1 unspecified atom stereocenters. The Morgan fingerprint density at radius 3 is 2.19 bits per heavy atom. The van der Waals surface area contributed by atoms with E-state index in [9.17, 15) is 9.59 Å². The first-order valence-corrected chi connectivity index (χ1v) is 6.57. The van der Waals surface area contributed by atoms with Gasteiger partial charge in [0.2, 0.25) is 11.8 Å². The van der Waals surface area contributed by atoms with Gasteiger partial charge in [-0.1, -0.05) is 29.8 Å². The Morgan fingerprint density at radius 1 is 1.31 bits per heavy atom. The second kappa shape index (κ2) is 5.66. The summed E-state index contributed by atoms with van der Waals surface area (Å²) in [4.78, 5) is 24.7. The van der Waals surface area contributed by atoms with E-state index in [-0.39, 0.29) is 28.5 Å². The third-order valence-corrected chi connectivity index (χ3v) is 4.48. The van der Waals surface area contributed by atoms with Gasteiger partial charge in [0.1, 0.15) is 0 Å². The van der Waals surface area contributed by atoms with Crippen molar-refractivity contribution >= 4 is 27.7 Å². The maximum absolute atomic E-state index is 12.0. The van der Waals surface area contributed by atoms with Crippen LogP contribution in [-0.2, 0) is 9.59 Å². The number of hydrogen-bond donors (Lipinski definition) is 1. The largest absolute Gasteiger partial charge is 0.369 e. The van der Waals surface area contributed by atoms with Crippen LogP contribution in [0, 0.1) is 11.8 Å². The maximum Gasteiger partial charge on any atom is 0.236 e. The summed E-state index contributed by atoms with van der Waals surface area (Å²) in [5.74, 6) is 0.0995. The van der Waals surface area contributed by atoms with E-state index in [1.165, 1.54) is 0 Å². The van der Waals surface area contributed by atoms with Gasteiger partial charge in [0.15, 0.2) is 0 Å². The summed E-state index contributed by atoms with van der Waals surface area (Å²) in [7, 11) is 0. The van der Waals surface area contributed by atoms with E-state index in [0.29, 0.717) is 25.9 Å². The van der Waals surface area contributed by atoms with Crippen LogP contribution in [0.15, 0.2) is 0 Å². The Balaban J connectivity index is 2.47.